The van der Waals surface area contributed by atoms with E-state index >= 15 is 0 Å². The second-order valence-corrected chi connectivity index (χ2v) is 4.22. The molecule has 0 saturated carbocycles. The van der Waals surface area contributed by atoms with Crippen molar-refractivity contribution >= 4 is 0 Å². The maximum atomic E-state index is 13.2. The van der Waals surface area contributed by atoms with E-state index in [1.807, 2.05) is 13.8 Å². The van der Waals surface area contributed by atoms with Crippen molar-refractivity contribution in [3.05, 3.63) is 35.4 Å². The van der Waals surface area contributed by atoms with E-state index in [1.165, 1.54) is 12.1 Å². The van der Waals surface area contributed by atoms with Crippen molar-refractivity contribution < 1.29 is 13.9 Å². The number of hydrogen-bond acceptors (Lipinski definition) is 1. The van der Waals surface area contributed by atoms with E-state index in [-0.39, 0.29) is 6.42 Å². The first kappa shape index (κ1) is 12.1. The molecule has 1 nitrogen and oxygen atoms in total. The molecule has 0 amide bonds. The van der Waals surface area contributed by atoms with Gasteiger partial charge in [-0.05, 0) is 24.0 Å². The molecule has 0 aliphatic carbocycles. The lowest BCUT2D eigenvalue weighted by Gasteiger charge is -2.13. The minimum Gasteiger partial charge on any atom is -0.393 e. The molecule has 0 spiro atoms. The third kappa shape index (κ3) is 3.96. The SMILES string of the molecule is CC(C)CC(O)Cc1ccc(F)cc1F. The van der Waals surface area contributed by atoms with E-state index in [0.717, 1.165) is 6.07 Å². The normalized spacial score (nSPS) is 13.2. The van der Waals surface area contributed by atoms with Crippen LogP contribution in [0.25, 0.3) is 0 Å². The summed E-state index contributed by atoms with van der Waals surface area (Å²) in [4.78, 5) is 0. The largest absolute Gasteiger partial charge is 0.393 e. The molecule has 84 valence electrons. The zero-order valence-corrected chi connectivity index (χ0v) is 9.00. The molecule has 3 heteroatoms. The molecule has 1 unspecified atom stereocenters. The summed E-state index contributed by atoms with van der Waals surface area (Å²) in [7, 11) is 0. The average molecular weight is 214 g/mol. The number of halogens is 2. The van der Waals surface area contributed by atoms with Gasteiger partial charge in [-0.25, -0.2) is 8.78 Å². The Balaban J connectivity index is 2.64. The van der Waals surface area contributed by atoms with E-state index in [4.69, 9.17) is 0 Å². The first-order valence-electron chi connectivity index (χ1n) is 5.11. The lowest BCUT2D eigenvalue weighted by molar-refractivity contribution is 0.148. The van der Waals surface area contributed by atoms with Gasteiger partial charge >= 0.3 is 0 Å². The minimum atomic E-state index is -0.588. The van der Waals surface area contributed by atoms with E-state index < -0.39 is 17.7 Å². The molecule has 0 saturated heterocycles. The van der Waals surface area contributed by atoms with Gasteiger partial charge in [0.15, 0.2) is 0 Å². The first-order valence-corrected chi connectivity index (χ1v) is 5.11. The molecule has 0 heterocycles. The summed E-state index contributed by atoms with van der Waals surface area (Å²) in [6.07, 6.45) is 0.297. The first-order chi connectivity index (χ1) is 6.99. The van der Waals surface area contributed by atoms with Crippen LogP contribution >= 0.6 is 0 Å². The van der Waals surface area contributed by atoms with Crippen LogP contribution < -0.4 is 0 Å². The molecule has 1 aromatic rings. The molecule has 0 aliphatic rings. The minimum absolute atomic E-state index is 0.240. The second-order valence-electron chi connectivity index (χ2n) is 4.22. The third-order valence-corrected chi connectivity index (χ3v) is 2.21. The Kier molecular flexibility index (Phi) is 4.21. The molecule has 0 radical (unpaired) electrons. The van der Waals surface area contributed by atoms with Gasteiger partial charge in [-0.15, -0.1) is 0 Å². The summed E-state index contributed by atoms with van der Waals surface area (Å²) >= 11 is 0. The van der Waals surface area contributed by atoms with Gasteiger partial charge in [-0.3, -0.25) is 0 Å². The maximum absolute atomic E-state index is 13.2. The van der Waals surface area contributed by atoms with Crippen molar-refractivity contribution in [2.45, 2.75) is 32.8 Å². The number of aliphatic hydroxyl groups excluding tert-OH is 1. The van der Waals surface area contributed by atoms with Crippen molar-refractivity contribution in [3.63, 3.8) is 0 Å². The highest BCUT2D eigenvalue weighted by molar-refractivity contribution is 5.19. The molecule has 1 aromatic carbocycles. The second kappa shape index (κ2) is 5.21. The fourth-order valence-corrected chi connectivity index (χ4v) is 1.57. The Hall–Kier alpha value is -0.960. The van der Waals surface area contributed by atoms with Crippen molar-refractivity contribution in [2.75, 3.05) is 0 Å². The van der Waals surface area contributed by atoms with Crippen LogP contribution in [0.15, 0.2) is 18.2 Å². The van der Waals surface area contributed by atoms with Gasteiger partial charge in [0.05, 0.1) is 6.10 Å². The Morgan fingerprint density at radius 1 is 1.27 bits per heavy atom. The smallest absolute Gasteiger partial charge is 0.129 e. The Morgan fingerprint density at radius 2 is 1.93 bits per heavy atom. The Labute approximate surface area is 88.7 Å². The molecule has 1 N–H and O–H groups in total. The molecular formula is C12H16F2O. The number of benzene rings is 1. The molecule has 1 rings (SSSR count). The monoisotopic (exact) mass is 214 g/mol. The summed E-state index contributed by atoms with van der Waals surface area (Å²) < 4.78 is 25.8. The third-order valence-electron chi connectivity index (χ3n) is 2.21. The van der Waals surface area contributed by atoms with Crippen molar-refractivity contribution in [1.82, 2.24) is 0 Å². The van der Waals surface area contributed by atoms with Crippen LogP contribution in [0.5, 0.6) is 0 Å². The number of rotatable bonds is 4. The zero-order chi connectivity index (χ0) is 11.4. The summed E-state index contributed by atoms with van der Waals surface area (Å²) in [5.74, 6) is -0.809. The molecule has 0 aliphatic heterocycles. The molecule has 1 atom stereocenters. The van der Waals surface area contributed by atoms with E-state index in [2.05, 4.69) is 0 Å². The molecule has 0 bridgehead atoms. The summed E-state index contributed by atoms with van der Waals surface area (Å²) in [5.41, 5.74) is 0.365. The van der Waals surface area contributed by atoms with Crippen LogP contribution in [0.4, 0.5) is 8.78 Å². The van der Waals surface area contributed by atoms with Crippen molar-refractivity contribution in [3.8, 4) is 0 Å². The predicted molar refractivity (Wildman–Crippen MR) is 55.5 cm³/mol. The number of hydrogen-bond donors (Lipinski definition) is 1. The van der Waals surface area contributed by atoms with Gasteiger partial charge in [0.25, 0.3) is 0 Å². The van der Waals surface area contributed by atoms with E-state index in [9.17, 15) is 13.9 Å². The lowest BCUT2D eigenvalue weighted by atomic mass is 9.99. The predicted octanol–water partition coefficient (Wildman–Crippen LogP) is 2.91. The zero-order valence-electron chi connectivity index (χ0n) is 9.00. The van der Waals surface area contributed by atoms with Crippen LogP contribution in [0.3, 0.4) is 0 Å². The quantitative estimate of drug-likeness (QED) is 0.817. The van der Waals surface area contributed by atoms with Crippen molar-refractivity contribution in [2.24, 2.45) is 5.92 Å². The van der Waals surface area contributed by atoms with Crippen LogP contribution in [0, 0.1) is 17.6 Å². The Bertz CT molecular complexity index is 323. The van der Waals surface area contributed by atoms with Crippen LogP contribution in [0.2, 0.25) is 0 Å². The van der Waals surface area contributed by atoms with Crippen LogP contribution in [-0.4, -0.2) is 11.2 Å². The van der Waals surface area contributed by atoms with E-state index in [1.54, 1.807) is 0 Å². The summed E-state index contributed by atoms with van der Waals surface area (Å²) in [6.45, 7) is 3.98. The molecule has 0 fully saturated rings. The molecular weight excluding hydrogens is 198 g/mol. The Morgan fingerprint density at radius 3 is 2.47 bits per heavy atom. The van der Waals surface area contributed by atoms with Gasteiger partial charge in [-0.1, -0.05) is 19.9 Å². The van der Waals surface area contributed by atoms with Crippen LogP contribution in [0.1, 0.15) is 25.8 Å². The average Bonchev–Trinajstić information content (AvgIpc) is 2.08. The van der Waals surface area contributed by atoms with Gasteiger partial charge < -0.3 is 5.11 Å². The highest BCUT2D eigenvalue weighted by Crippen LogP contribution is 2.15. The lowest BCUT2D eigenvalue weighted by Crippen LogP contribution is -2.14. The summed E-state index contributed by atoms with van der Waals surface area (Å²) in [5, 5.41) is 9.61. The van der Waals surface area contributed by atoms with Gasteiger partial charge in [0.1, 0.15) is 11.6 Å². The topological polar surface area (TPSA) is 20.2 Å². The fraction of sp³-hybridized carbons (Fsp3) is 0.500. The van der Waals surface area contributed by atoms with Crippen molar-refractivity contribution in [1.29, 1.82) is 0 Å². The van der Waals surface area contributed by atoms with Gasteiger partial charge in [0, 0.05) is 12.5 Å². The molecule has 0 aromatic heterocycles. The standard InChI is InChI=1S/C12H16F2O/c1-8(2)5-11(15)6-9-3-4-10(13)7-12(9)14/h3-4,7-8,11,15H,5-6H2,1-2H3. The number of aliphatic hydroxyl groups is 1. The highest BCUT2D eigenvalue weighted by Gasteiger charge is 2.11. The van der Waals surface area contributed by atoms with E-state index in [0.29, 0.717) is 17.9 Å². The van der Waals surface area contributed by atoms with Gasteiger partial charge in [0.2, 0.25) is 0 Å². The fourth-order valence-electron chi connectivity index (χ4n) is 1.57. The molecule has 15 heavy (non-hydrogen) atoms. The van der Waals surface area contributed by atoms with Gasteiger partial charge in [-0.2, -0.15) is 0 Å². The highest BCUT2D eigenvalue weighted by atomic mass is 19.1. The maximum Gasteiger partial charge on any atom is 0.129 e. The summed E-state index contributed by atoms with van der Waals surface area (Å²) in [6, 6.07) is 3.44. The van der Waals surface area contributed by atoms with Crippen LogP contribution in [-0.2, 0) is 6.42 Å².